The Morgan fingerprint density at radius 2 is 2.24 bits per heavy atom. The van der Waals surface area contributed by atoms with Gasteiger partial charge in [-0.25, -0.2) is 0 Å². The van der Waals surface area contributed by atoms with Gasteiger partial charge in [0.1, 0.15) is 6.54 Å². The molecule has 1 aliphatic rings. The number of rotatable bonds is 4. The summed E-state index contributed by atoms with van der Waals surface area (Å²) >= 11 is 0. The third-order valence-corrected chi connectivity index (χ3v) is 3.47. The van der Waals surface area contributed by atoms with Crippen molar-refractivity contribution in [1.29, 1.82) is 0 Å². The summed E-state index contributed by atoms with van der Waals surface area (Å²) in [5.41, 5.74) is 0. The lowest BCUT2D eigenvalue weighted by Crippen LogP contribution is -2.46. The number of hydrogen-bond acceptors (Lipinski definition) is 5. The Balaban J connectivity index is 2.01. The molecule has 0 spiro atoms. The minimum absolute atomic E-state index is 0.107. The number of carboxylic acids is 1. The number of amides is 1. The largest absolute Gasteiger partial charge is 0.481 e. The summed E-state index contributed by atoms with van der Waals surface area (Å²) < 4.78 is 1.19. The average molecular weight is 296 g/mol. The van der Waals surface area contributed by atoms with Gasteiger partial charge in [-0.05, 0) is 17.3 Å². The van der Waals surface area contributed by atoms with E-state index in [1.54, 1.807) is 0 Å². The summed E-state index contributed by atoms with van der Waals surface area (Å²) in [5, 5.41) is 23.3. The normalized spacial score (nSPS) is 22.0. The fourth-order valence-corrected chi connectivity index (χ4v) is 2.51. The number of nitrogens with zero attached hydrogens (tertiary/aromatic N) is 4. The first kappa shape index (κ1) is 14.9. The third kappa shape index (κ3) is 3.56. The minimum atomic E-state index is -0.908. The fourth-order valence-electron chi connectivity index (χ4n) is 2.51. The lowest BCUT2D eigenvalue weighted by Gasteiger charge is -2.34. The van der Waals surface area contributed by atoms with Gasteiger partial charge in [-0.15, -0.1) is 0 Å². The Bertz CT molecular complexity index is 570. The zero-order valence-electron chi connectivity index (χ0n) is 11.5. The van der Waals surface area contributed by atoms with Gasteiger partial charge >= 0.3 is 11.8 Å². The van der Waals surface area contributed by atoms with Crippen molar-refractivity contribution in [1.82, 2.24) is 14.7 Å². The van der Waals surface area contributed by atoms with Crippen LogP contribution in [0.1, 0.15) is 13.3 Å². The average Bonchev–Trinajstić information content (AvgIpc) is 2.86. The molecule has 2 unspecified atom stereocenters. The first-order chi connectivity index (χ1) is 9.86. The molecule has 0 aliphatic carbocycles. The maximum Gasteiger partial charge on any atom is 0.389 e. The summed E-state index contributed by atoms with van der Waals surface area (Å²) in [6, 6.07) is 1.21. The number of likely N-dealkylation sites (tertiary alicyclic amines) is 1. The van der Waals surface area contributed by atoms with Gasteiger partial charge in [-0.3, -0.25) is 9.59 Å². The molecule has 2 rings (SSSR count). The van der Waals surface area contributed by atoms with Crippen LogP contribution in [0, 0.1) is 22.0 Å². The molecule has 1 fully saturated rings. The van der Waals surface area contributed by atoms with Gasteiger partial charge in [0, 0.05) is 13.1 Å². The molecule has 9 heteroatoms. The molecule has 0 aromatic carbocycles. The fraction of sp³-hybridized carbons (Fsp3) is 0.583. The second-order valence-corrected chi connectivity index (χ2v) is 5.30. The van der Waals surface area contributed by atoms with E-state index in [-0.39, 0.29) is 30.7 Å². The lowest BCUT2D eigenvalue weighted by atomic mass is 9.90. The van der Waals surface area contributed by atoms with Crippen molar-refractivity contribution in [2.24, 2.45) is 11.8 Å². The van der Waals surface area contributed by atoms with Crippen molar-refractivity contribution in [3.63, 3.8) is 0 Å². The third-order valence-electron chi connectivity index (χ3n) is 3.47. The number of aromatic nitrogens is 2. The highest BCUT2D eigenvalue weighted by atomic mass is 16.6. The standard InChI is InChI=1S/C12H16N4O5/c1-8-4-9(12(18)19)6-14(5-8)11(17)7-15-3-2-10(13-15)16(20)21/h2-3,8-9H,4-7H2,1H3,(H,18,19). The topological polar surface area (TPSA) is 119 Å². The predicted octanol–water partition coefficient (Wildman–Crippen LogP) is 0.360. The van der Waals surface area contributed by atoms with Gasteiger partial charge in [0.15, 0.2) is 0 Å². The van der Waals surface area contributed by atoms with Crippen molar-refractivity contribution in [2.45, 2.75) is 19.9 Å². The maximum absolute atomic E-state index is 12.2. The molecule has 1 N–H and O–H groups in total. The number of carbonyl (C=O) groups excluding carboxylic acids is 1. The number of carbonyl (C=O) groups is 2. The molecule has 1 amide bonds. The highest BCUT2D eigenvalue weighted by Gasteiger charge is 2.32. The quantitative estimate of drug-likeness (QED) is 0.633. The summed E-state index contributed by atoms with van der Waals surface area (Å²) in [6.07, 6.45) is 1.91. The van der Waals surface area contributed by atoms with Gasteiger partial charge in [0.05, 0.1) is 23.3 Å². The predicted molar refractivity (Wildman–Crippen MR) is 70.4 cm³/mol. The van der Waals surface area contributed by atoms with E-state index in [1.165, 1.54) is 21.8 Å². The van der Waals surface area contributed by atoms with Crippen LogP contribution in [0.25, 0.3) is 0 Å². The maximum atomic E-state index is 12.2. The summed E-state index contributed by atoms with van der Waals surface area (Å²) in [7, 11) is 0. The summed E-state index contributed by atoms with van der Waals surface area (Å²) in [5.74, 6) is -1.97. The van der Waals surface area contributed by atoms with Gasteiger partial charge < -0.3 is 20.1 Å². The van der Waals surface area contributed by atoms with Crippen LogP contribution in [-0.2, 0) is 16.1 Å². The monoisotopic (exact) mass is 296 g/mol. The van der Waals surface area contributed by atoms with E-state index in [0.717, 1.165) is 0 Å². The number of hydrogen-bond donors (Lipinski definition) is 1. The smallest absolute Gasteiger partial charge is 0.389 e. The SMILES string of the molecule is CC1CC(C(=O)O)CN(C(=O)Cn2ccc([N+](=O)[O-])n2)C1. The Hall–Kier alpha value is -2.45. The number of nitro groups is 1. The summed E-state index contributed by atoms with van der Waals surface area (Å²) in [6.45, 7) is 2.43. The van der Waals surface area contributed by atoms with Gasteiger partial charge in [0.2, 0.25) is 5.91 Å². The van der Waals surface area contributed by atoms with Crippen LogP contribution in [0.5, 0.6) is 0 Å². The number of piperidine rings is 1. The Kier molecular flexibility index (Phi) is 4.20. The highest BCUT2D eigenvalue weighted by Crippen LogP contribution is 2.22. The van der Waals surface area contributed by atoms with E-state index in [9.17, 15) is 19.7 Å². The minimum Gasteiger partial charge on any atom is -0.481 e. The van der Waals surface area contributed by atoms with Crippen LogP contribution in [0.3, 0.4) is 0 Å². The molecule has 0 saturated carbocycles. The van der Waals surface area contributed by atoms with Crippen molar-refractivity contribution in [3.8, 4) is 0 Å². The van der Waals surface area contributed by atoms with Gasteiger partial charge in [-0.2, -0.15) is 4.68 Å². The van der Waals surface area contributed by atoms with Crippen LogP contribution >= 0.6 is 0 Å². The molecule has 0 radical (unpaired) electrons. The summed E-state index contributed by atoms with van der Waals surface area (Å²) in [4.78, 5) is 34.6. The molecule has 1 saturated heterocycles. The van der Waals surface area contributed by atoms with Crippen molar-refractivity contribution < 1.29 is 19.6 Å². The van der Waals surface area contributed by atoms with Crippen LogP contribution in [0.4, 0.5) is 5.82 Å². The van der Waals surface area contributed by atoms with E-state index in [2.05, 4.69) is 5.10 Å². The molecular formula is C12H16N4O5. The molecule has 21 heavy (non-hydrogen) atoms. The zero-order chi connectivity index (χ0) is 15.6. The molecule has 9 nitrogen and oxygen atoms in total. The van der Waals surface area contributed by atoms with E-state index in [1.807, 2.05) is 6.92 Å². The number of carboxylic acid groups (broad SMARTS) is 1. The van der Waals surface area contributed by atoms with E-state index >= 15 is 0 Å². The van der Waals surface area contributed by atoms with Crippen molar-refractivity contribution in [3.05, 3.63) is 22.4 Å². The zero-order valence-corrected chi connectivity index (χ0v) is 11.5. The Labute approximate surface area is 120 Å². The van der Waals surface area contributed by atoms with Gasteiger partial charge in [-0.1, -0.05) is 6.92 Å². The Morgan fingerprint density at radius 3 is 2.81 bits per heavy atom. The van der Waals surface area contributed by atoms with Crippen LogP contribution < -0.4 is 0 Å². The molecule has 1 aromatic rings. The molecule has 0 bridgehead atoms. The molecule has 2 heterocycles. The molecule has 2 atom stereocenters. The highest BCUT2D eigenvalue weighted by molar-refractivity contribution is 5.77. The van der Waals surface area contributed by atoms with Gasteiger partial charge in [0.25, 0.3) is 0 Å². The van der Waals surface area contributed by atoms with E-state index in [4.69, 9.17) is 5.11 Å². The first-order valence-electron chi connectivity index (χ1n) is 6.55. The van der Waals surface area contributed by atoms with Crippen LogP contribution in [-0.4, -0.2) is 49.7 Å². The van der Waals surface area contributed by atoms with E-state index < -0.39 is 16.8 Å². The lowest BCUT2D eigenvalue weighted by molar-refractivity contribution is -0.389. The molecule has 114 valence electrons. The second kappa shape index (κ2) is 5.90. The van der Waals surface area contributed by atoms with Crippen molar-refractivity contribution in [2.75, 3.05) is 13.1 Å². The Morgan fingerprint density at radius 1 is 1.52 bits per heavy atom. The first-order valence-corrected chi connectivity index (χ1v) is 6.55. The molecular weight excluding hydrogens is 280 g/mol. The second-order valence-electron chi connectivity index (χ2n) is 5.30. The van der Waals surface area contributed by atoms with Crippen molar-refractivity contribution >= 4 is 17.7 Å². The molecule has 1 aromatic heterocycles. The number of aliphatic carboxylic acids is 1. The molecule has 1 aliphatic heterocycles. The van der Waals surface area contributed by atoms with Crippen LogP contribution in [0.2, 0.25) is 0 Å². The van der Waals surface area contributed by atoms with Crippen LogP contribution in [0.15, 0.2) is 12.3 Å². The van der Waals surface area contributed by atoms with E-state index in [0.29, 0.717) is 13.0 Å².